The lowest BCUT2D eigenvalue weighted by Crippen LogP contribution is -2.53. The monoisotopic (exact) mass is 1190 g/mol. The number of aromatic nitrogens is 2. The van der Waals surface area contributed by atoms with Crippen LogP contribution in [0.1, 0.15) is 64.3 Å². The van der Waals surface area contributed by atoms with E-state index in [9.17, 15) is 57.8 Å². The number of rotatable bonds is 32. The number of fused-ring (bicyclic) bond motifs is 5. The van der Waals surface area contributed by atoms with Crippen LogP contribution >= 0.6 is 0 Å². The number of carbonyl (C=O) groups is 10. The number of primary amides is 1. The zero-order valence-corrected chi connectivity index (χ0v) is 47.1. The number of aliphatic hydroxyl groups excluding tert-OH is 1. The van der Waals surface area contributed by atoms with Gasteiger partial charge in [0.1, 0.15) is 18.5 Å². The predicted molar refractivity (Wildman–Crippen MR) is 299 cm³/mol. The van der Waals surface area contributed by atoms with E-state index < -0.39 is 108 Å². The van der Waals surface area contributed by atoms with Crippen molar-refractivity contribution in [3.63, 3.8) is 0 Å². The number of benzene rings is 2. The van der Waals surface area contributed by atoms with Crippen molar-refractivity contribution in [2.45, 2.75) is 76.8 Å². The quantitative estimate of drug-likeness (QED) is 0.0131. The number of nitrogens with one attached hydrogen (secondary N) is 6. The number of halogens is 1. The van der Waals surface area contributed by atoms with Crippen LogP contribution in [0.4, 0.5) is 4.39 Å². The van der Waals surface area contributed by atoms with Gasteiger partial charge in [0, 0.05) is 79.5 Å². The van der Waals surface area contributed by atoms with Crippen LogP contribution in [0.2, 0.25) is 0 Å². The van der Waals surface area contributed by atoms with E-state index in [1.807, 2.05) is 0 Å². The second-order valence-electron chi connectivity index (χ2n) is 20.7. The molecule has 4 aliphatic rings. The topological polar surface area (TPSA) is 373 Å². The number of amides is 9. The predicted octanol–water partition coefficient (Wildman–Crippen LogP) is -2.00. The van der Waals surface area contributed by atoms with Gasteiger partial charge >= 0.3 is 5.97 Å². The van der Waals surface area contributed by atoms with Gasteiger partial charge in [0.05, 0.1) is 102 Å². The number of imide groups is 1. The number of esters is 1. The molecule has 28 heteroatoms. The summed E-state index contributed by atoms with van der Waals surface area (Å²) in [6.07, 6.45) is 0.632. The number of aliphatic hydroxyl groups is 1. The molecule has 9 amide bonds. The van der Waals surface area contributed by atoms with E-state index in [4.69, 9.17) is 34.4 Å². The van der Waals surface area contributed by atoms with Crippen molar-refractivity contribution in [1.29, 1.82) is 0 Å². The fourth-order valence-electron chi connectivity index (χ4n) is 10.5. The molecule has 2 unspecified atom stereocenters. The number of nitrogens with two attached hydrogens (primary N) is 1. The molecule has 1 aliphatic carbocycles. The minimum atomic E-state index is -1.69. The number of ether oxygens (including phenoxy) is 5. The zero-order chi connectivity index (χ0) is 61.4. The Morgan fingerprint density at radius 3 is 2.05 bits per heavy atom. The molecule has 2 aromatic carbocycles. The molecule has 27 nitrogen and oxygen atoms in total. The minimum absolute atomic E-state index is 0.00284. The maximum absolute atomic E-state index is 15.7. The fraction of sp³-hybridized carbons (Fsp3) is 0.448. The summed E-state index contributed by atoms with van der Waals surface area (Å²) < 4.78 is 43.9. The first kappa shape index (κ1) is 63.2. The van der Waals surface area contributed by atoms with Crippen molar-refractivity contribution in [2.75, 3.05) is 85.6 Å². The van der Waals surface area contributed by atoms with E-state index in [-0.39, 0.29) is 128 Å². The van der Waals surface area contributed by atoms with Crippen molar-refractivity contribution >= 4 is 70.0 Å². The number of hydrogen-bond donors (Lipinski definition) is 8. The van der Waals surface area contributed by atoms with Gasteiger partial charge in [0.25, 0.3) is 17.4 Å². The molecule has 0 saturated carbocycles. The van der Waals surface area contributed by atoms with E-state index in [2.05, 4.69) is 31.9 Å². The molecule has 3 aliphatic heterocycles. The Bertz CT molecular complexity index is 3360. The van der Waals surface area contributed by atoms with Gasteiger partial charge in [0.15, 0.2) is 6.10 Å². The average molecular weight is 1200 g/mol. The third kappa shape index (κ3) is 16.3. The Hall–Kier alpha value is -8.83. The molecule has 8 rings (SSSR count). The lowest BCUT2D eigenvalue weighted by atomic mass is 9.75. The lowest BCUT2D eigenvalue weighted by molar-refractivity contribution is -0.157. The van der Waals surface area contributed by atoms with Gasteiger partial charge in [-0.05, 0) is 54.0 Å². The third-order valence-corrected chi connectivity index (χ3v) is 14.8. The summed E-state index contributed by atoms with van der Waals surface area (Å²) in [7, 11) is 0. The second kappa shape index (κ2) is 29.8. The number of carbonyl (C=O) groups excluding carboxylic acids is 10. The zero-order valence-electron chi connectivity index (χ0n) is 47.1. The van der Waals surface area contributed by atoms with Crippen LogP contribution in [0.15, 0.2) is 59.4 Å². The number of cyclic esters (lactones) is 1. The normalized spacial score (nSPS) is 16.1. The van der Waals surface area contributed by atoms with Crippen molar-refractivity contribution in [1.82, 2.24) is 46.4 Å². The lowest BCUT2D eigenvalue weighted by Gasteiger charge is -2.33. The van der Waals surface area contributed by atoms with Crippen molar-refractivity contribution in [3.8, 4) is 11.4 Å². The first-order chi connectivity index (χ1) is 41.4. The summed E-state index contributed by atoms with van der Waals surface area (Å²) in [5, 5.41) is 26.8. The van der Waals surface area contributed by atoms with Crippen LogP contribution in [-0.2, 0) is 104 Å². The van der Waals surface area contributed by atoms with Crippen LogP contribution in [-0.4, -0.2) is 176 Å². The SMILES string of the molecule is Cc1c(F)cc2nc3c(c4c2c1CC(C(CC(N)=O)NC(=O)CNC(=O)[C@H](Cc1ccccc1)NC(=O)CNC(=O)CNC(=O)CCOCCOCCOCCOCCNC(=O)CCN1C(=O)C=CC1=O)C4)Cn1c-3cc2c(c1=O)COC(=O)[C@H]2O. The Balaban J connectivity index is 0.735. The fourth-order valence-corrected chi connectivity index (χ4v) is 10.5. The Morgan fingerprint density at radius 2 is 1.35 bits per heavy atom. The maximum Gasteiger partial charge on any atom is 0.340 e. The molecule has 4 atom stereocenters. The highest BCUT2D eigenvalue weighted by molar-refractivity contribution is 6.13. The molecule has 0 saturated heterocycles. The molecule has 2 aromatic heterocycles. The third-order valence-electron chi connectivity index (χ3n) is 14.8. The van der Waals surface area contributed by atoms with Gasteiger partial charge in [-0.2, -0.15) is 0 Å². The van der Waals surface area contributed by atoms with E-state index in [0.29, 0.717) is 56.7 Å². The van der Waals surface area contributed by atoms with Crippen LogP contribution < -0.4 is 43.2 Å². The highest BCUT2D eigenvalue weighted by Gasteiger charge is 2.39. The standard InChI is InChI=1S/C58H67FN10O17/c1-32-35-22-34(23-36-38-30-69-44(54(38)67-42(53(35)36)25-40(32)59)24-37-39(57(69)80)31-86-58(81)55(37)78)41(26-45(60)70)65-50(75)29-64-56(79)43(21-33-5-3-2-4-6-33)66-49(74)28-63-48(73)27-62-47(72)10-13-82-15-17-84-19-20-85-18-16-83-14-11-61-46(71)9-12-68-51(76)7-8-52(68)77/h2-8,24-25,34,41,43,55,78H,9-23,26-31H2,1H3,(H2,60,70)(H,61,71)(H,62,72)(H,63,73)(H,64,79)(H,65,75)(H,66,74)/t34?,41?,43-,55-/m0/s1. The Kier molecular flexibility index (Phi) is 21.9. The summed E-state index contributed by atoms with van der Waals surface area (Å²) in [6, 6.07) is 9.36. The van der Waals surface area contributed by atoms with Crippen molar-refractivity contribution < 1.29 is 81.1 Å². The number of hydrogen-bond acceptors (Lipinski definition) is 18. The molecule has 4 aromatic rings. The summed E-state index contributed by atoms with van der Waals surface area (Å²) >= 11 is 0. The molecular formula is C58H67FN10O17. The van der Waals surface area contributed by atoms with Gasteiger partial charge < -0.3 is 71.0 Å². The molecule has 0 fully saturated rings. The van der Waals surface area contributed by atoms with Crippen molar-refractivity contribution in [3.05, 3.63) is 110 Å². The average Bonchev–Trinajstić information content (AvgIpc) is 1.46. The molecule has 0 radical (unpaired) electrons. The van der Waals surface area contributed by atoms with Crippen LogP contribution in [0.25, 0.3) is 22.3 Å². The summed E-state index contributed by atoms with van der Waals surface area (Å²) in [4.78, 5) is 145. The van der Waals surface area contributed by atoms with Gasteiger partial charge in [0.2, 0.25) is 41.4 Å². The van der Waals surface area contributed by atoms with Gasteiger partial charge in [-0.3, -0.25) is 52.8 Å². The van der Waals surface area contributed by atoms with E-state index in [0.717, 1.165) is 17.1 Å². The largest absolute Gasteiger partial charge is 0.458 e. The molecule has 86 heavy (non-hydrogen) atoms. The number of pyridine rings is 2. The van der Waals surface area contributed by atoms with Crippen molar-refractivity contribution in [2.24, 2.45) is 11.7 Å². The minimum Gasteiger partial charge on any atom is -0.458 e. The molecule has 5 heterocycles. The van der Waals surface area contributed by atoms with Gasteiger partial charge in [-0.1, -0.05) is 30.3 Å². The molecular weight excluding hydrogens is 1130 g/mol. The van der Waals surface area contributed by atoms with Crippen LogP contribution in [0, 0.1) is 18.7 Å². The van der Waals surface area contributed by atoms with Crippen LogP contribution in [0.5, 0.6) is 0 Å². The first-order valence-electron chi connectivity index (χ1n) is 27.9. The van der Waals surface area contributed by atoms with Crippen LogP contribution in [0.3, 0.4) is 0 Å². The maximum atomic E-state index is 15.7. The molecule has 458 valence electrons. The molecule has 9 N–H and O–H groups in total. The summed E-state index contributed by atoms with van der Waals surface area (Å²) in [6.45, 7) is 1.83. The number of nitrogens with zero attached hydrogens (tertiary/aromatic N) is 3. The van der Waals surface area contributed by atoms with Gasteiger partial charge in [-0.25, -0.2) is 14.2 Å². The van der Waals surface area contributed by atoms with Gasteiger partial charge in [-0.15, -0.1) is 0 Å². The summed E-state index contributed by atoms with van der Waals surface area (Å²) in [5.74, 6) is -7.36. The Labute approximate surface area is 491 Å². The molecule has 0 spiro atoms. The first-order valence-corrected chi connectivity index (χ1v) is 27.9. The highest BCUT2D eigenvalue weighted by atomic mass is 19.1. The Morgan fingerprint density at radius 1 is 0.733 bits per heavy atom. The summed E-state index contributed by atoms with van der Waals surface area (Å²) in [5.41, 5.74) is 9.35. The molecule has 0 bridgehead atoms. The smallest absolute Gasteiger partial charge is 0.340 e. The van der Waals surface area contributed by atoms with E-state index in [1.165, 1.54) is 16.7 Å². The van der Waals surface area contributed by atoms with E-state index >= 15 is 4.39 Å². The van der Waals surface area contributed by atoms with E-state index in [1.54, 1.807) is 37.3 Å². The second-order valence-corrected chi connectivity index (χ2v) is 20.7. The highest BCUT2D eigenvalue weighted by Crippen LogP contribution is 2.44.